The van der Waals surface area contributed by atoms with E-state index >= 15 is 0 Å². The van der Waals surface area contributed by atoms with Crippen molar-refractivity contribution in [3.63, 3.8) is 0 Å². The topological polar surface area (TPSA) is 83.4 Å². The largest absolute Gasteiger partial charge is 0.502 e. The number of nitrogens with one attached hydrogen (secondary N) is 1. The van der Waals surface area contributed by atoms with E-state index in [-0.39, 0.29) is 12.4 Å². The zero-order valence-corrected chi connectivity index (χ0v) is 9.29. The van der Waals surface area contributed by atoms with E-state index in [1.165, 1.54) is 9.36 Å². The summed E-state index contributed by atoms with van der Waals surface area (Å²) in [5, 5.41) is 12.9. The number of hydrogen-bond donors (Lipinski definition) is 2. The Morgan fingerprint density at radius 2 is 2.00 bits per heavy atom. The molecule has 6 heteroatoms. The molecule has 0 radical (unpaired) electrons. The molecular formula is C11H12N4O2. The first-order valence-corrected chi connectivity index (χ1v) is 5.07. The third-order valence-electron chi connectivity index (χ3n) is 2.57. The number of aromatic hydroxyl groups is 1. The number of hydrogen-bond acceptors (Lipinski definition) is 4. The summed E-state index contributed by atoms with van der Waals surface area (Å²) in [6.07, 6.45) is 0. The Morgan fingerprint density at radius 3 is 2.59 bits per heavy atom. The van der Waals surface area contributed by atoms with Crippen molar-refractivity contribution in [3.8, 4) is 11.4 Å². The maximum absolute atomic E-state index is 11.9. The van der Waals surface area contributed by atoms with Gasteiger partial charge in [0.1, 0.15) is 0 Å². The summed E-state index contributed by atoms with van der Waals surface area (Å²) in [5.74, 6) is -0.308. The number of benzene rings is 1. The van der Waals surface area contributed by atoms with Crippen LogP contribution in [0.1, 0.15) is 5.69 Å². The van der Waals surface area contributed by atoms with Gasteiger partial charge in [-0.05, 0) is 19.1 Å². The maximum atomic E-state index is 11.9. The van der Waals surface area contributed by atoms with Gasteiger partial charge in [-0.15, -0.1) is 0 Å². The minimum Gasteiger partial charge on any atom is -0.502 e. The van der Waals surface area contributed by atoms with Crippen LogP contribution in [0.5, 0.6) is 5.75 Å². The van der Waals surface area contributed by atoms with E-state index in [1.54, 1.807) is 31.2 Å². The van der Waals surface area contributed by atoms with Crippen LogP contribution in [0.3, 0.4) is 0 Å². The van der Waals surface area contributed by atoms with E-state index in [0.29, 0.717) is 11.4 Å². The first kappa shape index (κ1) is 11.1. The Balaban J connectivity index is 2.72. The van der Waals surface area contributed by atoms with E-state index in [2.05, 4.69) is 5.11 Å². The maximum Gasteiger partial charge on any atom is 0.313 e. The average Bonchev–Trinajstić information content (AvgIpc) is 2.56. The molecule has 2 aromatic rings. The van der Waals surface area contributed by atoms with Crippen LogP contribution in [-0.2, 0) is 6.67 Å². The molecule has 0 saturated heterocycles. The summed E-state index contributed by atoms with van der Waals surface area (Å²) in [7, 11) is 0. The highest BCUT2D eigenvalue weighted by molar-refractivity contribution is 5.35. The van der Waals surface area contributed by atoms with Crippen molar-refractivity contribution in [2.45, 2.75) is 13.6 Å². The smallest absolute Gasteiger partial charge is 0.313 e. The van der Waals surface area contributed by atoms with Crippen molar-refractivity contribution in [1.82, 2.24) is 9.36 Å². The number of rotatable bonds is 3. The van der Waals surface area contributed by atoms with Crippen molar-refractivity contribution in [3.05, 3.63) is 46.4 Å². The fraction of sp³-hybridized carbons (Fsp3) is 0.182. The van der Waals surface area contributed by atoms with E-state index < -0.39 is 5.56 Å². The Kier molecular flexibility index (Phi) is 2.78. The second-order valence-electron chi connectivity index (χ2n) is 3.59. The molecule has 0 spiro atoms. The molecule has 0 bridgehead atoms. The summed E-state index contributed by atoms with van der Waals surface area (Å²) >= 11 is 0. The summed E-state index contributed by atoms with van der Waals surface area (Å²) in [6, 6.07) is 8.93. The van der Waals surface area contributed by atoms with Crippen LogP contribution in [0.25, 0.3) is 5.69 Å². The molecule has 1 aromatic heterocycles. The Labute approximate surface area is 97.2 Å². The van der Waals surface area contributed by atoms with Gasteiger partial charge in [-0.3, -0.25) is 9.48 Å². The van der Waals surface area contributed by atoms with Gasteiger partial charge in [0.05, 0.1) is 11.4 Å². The molecule has 0 amide bonds. The van der Waals surface area contributed by atoms with Gasteiger partial charge >= 0.3 is 5.56 Å². The van der Waals surface area contributed by atoms with E-state index in [1.807, 2.05) is 6.07 Å². The fourth-order valence-electron chi connectivity index (χ4n) is 1.70. The minimum atomic E-state index is -0.502. The molecule has 1 aromatic carbocycles. The highest BCUT2D eigenvalue weighted by Crippen LogP contribution is 2.15. The molecule has 0 unspecified atom stereocenters. The molecule has 0 fully saturated rings. The molecule has 2 rings (SSSR count). The highest BCUT2D eigenvalue weighted by atomic mass is 16.3. The second kappa shape index (κ2) is 4.25. The predicted octanol–water partition coefficient (Wildman–Crippen LogP) is 1.64. The van der Waals surface area contributed by atoms with Crippen molar-refractivity contribution < 1.29 is 5.11 Å². The van der Waals surface area contributed by atoms with Crippen LogP contribution in [0.4, 0.5) is 0 Å². The van der Waals surface area contributed by atoms with E-state index in [9.17, 15) is 9.90 Å². The second-order valence-corrected chi connectivity index (χ2v) is 3.59. The molecule has 88 valence electrons. The van der Waals surface area contributed by atoms with Gasteiger partial charge in [-0.25, -0.2) is 10.2 Å². The van der Waals surface area contributed by atoms with E-state index in [0.717, 1.165) is 0 Å². The molecule has 1 heterocycles. The third kappa shape index (κ3) is 1.73. The lowest BCUT2D eigenvalue weighted by Crippen LogP contribution is -2.21. The predicted molar refractivity (Wildman–Crippen MR) is 61.6 cm³/mol. The standard InChI is InChI=1S/C11H12N4O2/c1-8-10(16)11(17)15(14(8)7-13-12)9-5-3-2-4-6-9/h2-6,12,16H,7H2,1H3. The lowest BCUT2D eigenvalue weighted by atomic mass is 10.3. The van der Waals surface area contributed by atoms with E-state index in [4.69, 9.17) is 5.53 Å². The monoisotopic (exact) mass is 232 g/mol. The van der Waals surface area contributed by atoms with Gasteiger partial charge in [0.15, 0.2) is 6.67 Å². The highest BCUT2D eigenvalue weighted by Gasteiger charge is 2.16. The molecular weight excluding hydrogens is 220 g/mol. The van der Waals surface area contributed by atoms with Crippen LogP contribution in [-0.4, -0.2) is 14.5 Å². The van der Waals surface area contributed by atoms with Crippen molar-refractivity contribution >= 4 is 0 Å². The van der Waals surface area contributed by atoms with Gasteiger partial charge in [-0.2, -0.15) is 5.11 Å². The summed E-state index contributed by atoms with van der Waals surface area (Å²) in [4.78, 5) is 11.9. The number of nitrogens with zero attached hydrogens (tertiary/aromatic N) is 3. The summed E-state index contributed by atoms with van der Waals surface area (Å²) in [6.45, 7) is 1.61. The normalized spacial score (nSPS) is 10.4. The lowest BCUT2D eigenvalue weighted by molar-refractivity contribution is 0.463. The SMILES string of the molecule is Cc1c(O)c(=O)n(-c2ccccc2)n1CN=N. The zero-order chi connectivity index (χ0) is 12.4. The Bertz CT molecular complexity index is 598. The molecule has 2 N–H and O–H groups in total. The first-order valence-electron chi connectivity index (χ1n) is 5.07. The van der Waals surface area contributed by atoms with Crippen LogP contribution in [0.15, 0.2) is 40.2 Å². The number of aromatic nitrogens is 2. The Hall–Kier alpha value is -2.37. The van der Waals surface area contributed by atoms with Gasteiger partial charge in [0, 0.05) is 0 Å². The van der Waals surface area contributed by atoms with Crippen LogP contribution >= 0.6 is 0 Å². The van der Waals surface area contributed by atoms with Gasteiger partial charge < -0.3 is 5.11 Å². The van der Waals surface area contributed by atoms with Crippen LogP contribution < -0.4 is 5.56 Å². The van der Waals surface area contributed by atoms with Gasteiger partial charge in [0.2, 0.25) is 5.75 Å². The molecule has 0 aliphatic heterocycles. The molecule has 0 atom stereocenters. The summed E-state index contributed by atoms with van der Waals surface area (Å²) in [5.41, 5.74) is 7.41. The fourth-order valence-corrected chi connectivity index (χ4v) is 1.70. The van der Waals surface area contributed by atoms with Crippen LogP contribution in [0.2, 0.25) is 0 Å². The molecule has 17 heavy (non-hydrogen) atoms. The van der Waals surface area contributed by atoms with Gasteiger partial charge in [-0.1, -0.05) is 18.2 Å². The quantitative estimate of drug-likeness (QED) is 0.788. The minimum absolute atomic E-state index is 0.00344. The lowest BCUT2D eigenvalue weighted by Gasteiger charge is -2.09. The average molecular weight is 232 g/mol. The van der Waals surface area contributed by atoms with Crippen LogP contribution in [0, 0.1) is 12.5 Å². The Morgan fingerprint density at radius 1 is 1.35 bits per heavy atom. The van der Waals surface area contributed by atoms with Gasteiger partial charge in [0.25, 0.3) is 0 Å². The van der Waals surface area contributed by atoms with Crippen molar-refractivity contribution in [1.29, 1.82) is 5.53 Å². The molecule has 0 aliphatic carbocycles. The zero-order valence-electron chi connectivity index (χ0n) is 9.29. The molecule has 6 nitrogen and oxygen atoms in total. The first-order chi connectivity index (χ1) is 8.16. The van der Waals surface area contributed by atoms with Crippen molar-refractivity contribution in [2.24, 2.45) is 5.11 Å². The molecule has 0 saturated carbocycles. The molecule has 0 aliphatic rings. The third-order valence-corrected chi connectivity index (χ3v) is 2.57. The number of para-hydroxylation sites is 1. The van der Waals surface area contributed by atoms with Crippen molar-refractivity contribution in [2.75, 3.05) is 0 Å². The summed E-state index contributed by atoms with van der Waals surface area (Å²) < 4.78 is 2.77.